The molecule has 0 radical (unpaired) electrons. The number of ether oxygens (including phenoxy) is 1. The summed E-state index contributed by atoms with van der Waals surface area (Å²) in [6.45, 7) is 5.92. The Bertz CT molecular complexity index is 740. The number of nitrogens with zero attached hydrogens (tertiary/aromatic N) is 3. The lowest BCUT2D eigenvalue weighted by molar-refractivity contribution is 0.139. The summed E-state index contributed by atoms with van der Waals surface area (Å²) in [5.74, 6) is 1.52. The quantitative estimate of drug-likeness (QED) is 0.774. The molecule has 0 spiro atoms. The number of rotatable bonds is 1. The van der Waals surface area contributed by atoms with Crippen LogP contribution in [-0.4, -0.2) is 27.4 Å². The maximum Gasteiger partial charge on any atom is 0.219 e. The Morgan fingerprint density at radius 2 is 2.13 bits per heavy atom. The second-order valence-electron chi connectivity index (χ2n) is 6.64. The van der Waals surface area contributed by atoms with E-state index in [2.05, 4.69) is 18.0 Å². The number of aliphatic hydroxyl groups excluding tert-OH is 1. The highest BCUT2D eigenvalue weighted by molar-refractivity contribution is 7.81. The normalized spacial score (nSPS) is 32.8. The molecule has 4 atom stereocenters. The number of aliphatic hydroxyl groups is 1. The van der Waals surface area contributed by atoms with E-state index < -0.39 is 10.7 Å². The molecule has 1 aromatic heterocycles. The van der Waals surface area contributed by atoms with Gasteiger partial charge in [-0.1, -0.05) is 13.8 Å². The first-order chi connectivity index (χ1) is 10.9. The van der Waals surface area contributed by atoms with Crippen molar-refractivity contribution in [3.63, 3.8) is 0 Å². The molecule has 1 heterocycles. The van der Waals surface area contributed by atoms with Gasteiger partial charge in [-0.3, -0.25) is 0 Å². The molecule has 23 heavy (non-hydrogen) atoms. The summed E-state index contributed by atoms with van der Waals surface area (Å²) in [6.07, 6.45) is 1.69. The number of aryl methyl sites for hydroxylation is 1. The number of methoxy groups -OCH3 is 1. The first-order valence-corrected chi connectivity index (χ1v) is 8.31. The number of thiol groups is 1. The average Bonchev–Trinajstić information content (AvgIpc) is 2.53. The van der Waals surface area contributed by atoms with Crippen molar-refractivity contribution in [3.8, 4) is 11.9 Å². The third-order valence-corrected chi connectivity index (χ3v) is 6.33. The third kappa shape index (κ3) is 2.06. The standard InChI is InChI=1S/C17H21N3O2S/c1-8-12-6-5-10-14(19-9(2)20-16(10)22-4)17(12,3)15(23)11(7-18)13(8)21/h8,12,15,21,23H,5-6H2,1-4H3/t8-,12-,15-,17-/m0/s1. The fraction of sp³-hybridized carbons (Fsp3) is 0.588. The summed E-state index contributed by atoms with van der Waals surface area (Å²) in [6, 6.07) is 2.14. The van der Waals surface area contributed by atoms with Gasteiger partial charge in [0.05, 0.1) is 29.7 Å². The SMILES string of the molecule is COc1nc(C)nc2c1CC[C@H]1[C@H](C)C(O)=C(C#N)[C@H](S)[C@]21C. The number of allylic oxidation sites excluding steroid dienone is 1. The first-order valence-electron chi connectivity index (χ1n) is 7.79. The Balaban J connectivity index is 2.28. The van der Waals surface area contributed by atoms with E-state index in [-0.39, 0.29) is 17.6 Å². The Kier molecular flexibility index (Phi) is 3.80. The van der Waals surface area contributed by atoms with Gasteiger partial charge >= 0.3 is 0 Å². The van der Waals surface area contributed by atoms with Crippen molar-refractivity contribution in [3.05, 3.63) is 28.4 Å². The third-order valence-electron chi connectivity index (χ3n) is 5.53. The first kappa shape index (κ1) is 16.1. The van der Waals surface area contributed by atoms with Crippen molar-refractivity contribution in [2.75, 3.05) is 7.11 Å². The van der Waals surface area contributed by atoms with Gasteiger partial charge in [-0.15, -0.1) is 0 Å². The molecule has 1 aromatic rings. The smallest absolute Gasteiger partial charge is 0.219 e. The molecule has 122 valence electrons. The Labute approximate surface area is 141 Å². The summed E-state index contributed by atoms with van der Waals surface area (Å²) in [7, 11) is 1.62. The van der Waals surface area contributed by atoms with Crippen molar-refractivity contribution in [2.24, 2.45) is 11.8 Å². The van der Waals surface area contributed by atoms with Gasteiger partial charge in [-0.2, -0.15) is 22.9 Å². The van der Waals surface area contributed by atoms with Gasteiger partial charge in [0, 0.05) is 16.9 Å². The lowest BCUT2D eigenvalue weighted by Gasteiger charge is -2.50. The Morgan fingerprint density at radius 3 is 2.74 bits per heavy atom. The molecule has 6 heteroatoms. The molecule has 0 aromatic carbocycles. The van der Waals surface area contributed by atoms with Gasteiger partial charge in [-0.05, 0) is 25.7 Å². The molecule has 3 rings (SSSR count). The van der Waals surface area contributed by atoms with Gasteiger partial charge in [0.1, 0.15) is 11.6 Å². The van der Waals surface area contributed by atoms with E-state index in [1.165, 1.54) is 0 Å². The Morgan fingerprint density at radius 1 is 1.43 bits per heavy atom. The molecule has 0 amide bonds. The Hall–Kier alpha value is -1.74. The van der Waals surface area contributed by atoms with Crippen LogP contribution in [-0.2, 0) is 11.8 Å². The molecule has 2 aliphatic rings. The molecule has 0 aliphatic heterocycles. The highest BCUT2D eigenvalue weighted by Gasteiger charge is 2.54. The number of aromatic nitrogens is 2. The van der Waals surface area contributed by atoms with E-state index >= 15 is 0 Å². The topological polar surface area (TPSA) is 79.0 Å². The van der Waals surface area contributed by atoms with Crippen molar-refractivity contribution in [2.45, 2.75) is 44.3 Å². The predicted octanol–water partition coefficient (Wildman–Crippen LogP) is 2.90. The number of nitriles is 1. The van der Waals surface area contributed by atoms with Crippen LogP contribution < -0.4 is 4.74 Å². The van der Waals surface area contributed by atoms with Crippen molar-refractivity contribution in [1.29, 1.82) is 5.26 Å². The van der Waals surface area contributed by atoms with Crippen LogP contribution in [0.15, 0.2) is 11.3 Å². The molecule has 1 N–H and O–H groups in total. The van der Waals surface area contributed by atoms with Gasteiger partial charge in [0.25, 0.3) is 0 Å². The van der Waals surface area contributed by atoms with Crippen LogP contribution in [0.4, 0.5) is 0 Å². The average molecular weight is 331 g/mol. The maximum absolute atomic E-state index is 10.4. The fourth-order valence-electron chi connectivity index (χ4n) is 4.28. The molecule has 5 nitrogen and oxygen atoms in total. The van der Waals surface area contributed by atoms with E-state index in [1.807, 2.05) is 13.8 Å². The zero-order valence-corrected chi connectivity index (χ0v) is 14.7. The molecule has 0 bridgehead atoms. The minimum atomic E-state index is -0.436. The number of hydrogen-bond acceptors (Lipinski definition) is 6. The number of hydrogen-bond donors (Lipinski definition) is 2. The molecule has 0 unspecified atom stereocenters. The van der Waals surface area contributed by atoms with Gasteiger partial charge in [0.2, 0.25) is 5.88 Å². The van der Waals surface area contributed by atoms with E-state index in [1.54, 1.807) is 7.11 Å². The van der Waals surface area contributed by atoms with Gasteiger partial charge in [0.15, 0.2) is 0 Å². The van der Waals surface area contributed by atoms with E-state index in [0.29, 0.717) is 17.3 Å². The molecular weight excluding hydrogens is 310 g/mol. The van der Waals surface area contributed by atoms with Crippen molar-refractivity contribution >= 4 is 12.6 Å². The second-order valence-corrected chi connectivity index (χ2v) is 7.15. The van der Waals surface area contributed by atoms with Crippen LogP contribution in [0.2, 0.25) is 0 Å². The molecule has 0 saturated carbocycles. The monoisotopic (exact) mass is 331 g/mol. The van der Waals surface area contributed by atoms with Crippen LogP contribution >= 0.6 is 12.6 Å². The minimum Gasteiger partial charge on any atom is -0.511 e. The van der Waals surface area contributed by atoms with Crippen molar-refractivity contribution in [1.82, 2.24) is 9.97 Å². The largest absolute Gasteiger partial charge is 0.511 e. The lowest BCUT2D eigenvalue weighted by Crippen LogP contribution is -2.52. The van der Waals surface area contributed by atoms with Crippen LogP contribution in [0, 0.1) is 30.1 Å². The van der Waals surface area contributed by atoms with E-state index in [4.69, 9.17) is 22.3 Å². The van der Waals surface area contributed by atoms with Gasteiger partial charge < -0.3 is 9.84 Å². The number of fused-ring (bicyclic) bond motifs is 3. The van der Waals surface area contributed by atoms with E-state index in [9.17, 15) is 10.4 Å². The zero-order chi connectivity index (χ0) is 16.9. The summed E-state index contributed by atoms with van der Waals surface area (Å²) < 4.78 is 5.45. The van der Waals surface area contributed by atoms with E-state index in [0.717, 1.165) is 24.1 Å². The maximum atomic E-state index is 10.4. The summed E-state index contributed by atoms with van der Waals surface area (Å²) in [4.78, 5) is 9.09. The predicted molar refractivity (Wildman–Crippen MR) is 89.7 cm³/mol. The fourth-order valence-corrected chi connectivity index (χ4v) is 4.78. The molecule has 2 aliphatic carbocycles. The van der Waals surface area contributed by atoms with Crippen LogP contribution in [0.5, 0.6) is 5.88 Å². The van der Waals surface area contributed by atoms with Crippen LogP contribution in [0.3, 0.4) is 0 Å². The van der Waals surface area contributed by atoms with Crippen LogP contribution in [0.25, 0.3) is 0 Å². The minimum absolute atomic E-state index is 0.0903. The lowest BCUT2D eigenvalue weighted by atomic mass is 9.56. The zero-order valence-electron chi connectivity index (χ0n) is 13.8. The summed E-state index contributed by atoms with van der Waals surface area (Å²) in [5, 5.41) is 19.5. The van der Waals surface area contributed by atoms with Crippen molar-refractivity contribution < 1.29 is 9.84 Å². The summed E-state index contributed by atoms with van der Waals surface area (Å²) in [5.41, 5.74) is 1.82. The highest BCUT2D eigenvalue weighted by atomic mass is 32.1. The highest BCUT2D eigenvalue weighted by Crippen LogP contribution is 2.55. The summed E-state index contributed by atoms with van der Waals surface area (Å²) >= 11 is 4.72. The molecule has 0 saturated heterocycles. The molecule has 0 fully saturated rings. The van der Waals surface area contributed by atoms with Gasteiger partial charge in [-0.25, -0.2) is 4.98 Å². The molecular formula is C17H21N3O2S. The second kappa shape index (κ2) is 5.41. The van der Waals surface area contributed by atoms with Crippen LogP contribution in [0.1, 0.15) is 37.4 Å².